The largest absolute Gasteiger partial charge is 0.309 e. The third-order valence-corrected chi connectivity index (χ3v) is 1.18. The fraction of sp³-hybridized carbons (Fsp3) is 0.750. The second-order valence-electron chi connectivity index (χ2n) is 1.94. The topological polar surface area (TPSA) is 23.9 Å². The standard InChI is InChI=1S/C7H13N.2C2H6.CH4/c1-3-7(2)5-4-6-8;2*1-2;/h4-8H,3H2,1-2H3;2*1-2H3;1H4/b5-4-,8-6?;;;. The fourth-order valence-electron chi connectivity index (χ4n) is 0.381. The van der Waals surface area contributed by atoms with Gasteiger partial charge in [0.15, 0.2) is 0 Å². The van der Waals surface area contributed by atoms with Gasteiger partial charge in [-0.2, -0.15) is 0 Å². The first-order chi connectivity index (χ1) is 5.81. The van der Waals surface area contributed by atoms with Crippen LogP contribution in [-0.4, -0.2) is 6.21 Å². The number of allylic oxidation sites excluding steroid dienone is 2. The van der Waals surface area contributed by atoms with E-state index in [4.69, 9.17) is 5.41 Å². The summed E-state index contributed by atoms with van der Waals surface area (Å²) in [6.07, 6.45) is 6.28. The zero-order valence-corrected chi connectivity index (χ0v) is 9.52. The van der Waals surface area contributed by atoms with Crippen LogP contribution in [0.15, 0.2) is 12.2 Å². The van der Waals surface area contributed by atoms with Crippen molar-refractivity contribution in [1.82, 2.24) is 0 Å². The lowest BCUT2D eigenvalue weighted by atomic mass is 10.1. The minimum Gasteiger partial charge on any atom is -0.309 e. The molecular weight excluding hydrogens is 158 g/mol. The SMILES string of the molecule is C.CC.CC.CCC(C)/C=C\C=N. The van der Waals surface area contributed by atoms with Crippen LogP contribution >= 0.6 is 0 Å². The molecule has 0 amide bonds. The molecule has 13 heavy (non-hydrogen) atoms. The fourth-order valence-corrected chi connectivity index (χ4v) is 0.381. The molecule has 0 aliphatic heterocycles. The average molecular weight is 187 g/mol. The first-order valence-corrected chi connectivity index (χ1v) is 4.98. The Labute approximate surface area is 85.8 Å². The lowest BCUT2D eigenvalue weighted by molar-refractivity contribution is 0.699. The van der Waals surface area contributed by atoms with E-state index in [2.05, 4.69) is 13.8 Å². The Bertz CT molecular complexity index is 85.1. The molecule has 82 valence electrons. The predicted octanol–water partition coefficient (Wildman–Crippen LogP) is 4.93. The van der Waals surface area contributed by atoms with Gasteiger partial charge in [0.2, 0.25) is 0 Å². The maximum atomic E-state index is 6.66. The molecule has 1 nitrogen and oxygen atoms in total. The van der Waals surface area contributed by atoms with Crippen LogP contribution in [0.25, 0.3) is 0 Å². The molecule has 1 atom stereocenters. The van der Waals surface area contributed by atoms with E-state index in [9.17, 15) is 0 Å². The molecule has 0 aromatic rings. The van der Waals surface area contributed by atoms with Gasteiger partial charge in [0, 0.05) is 6.21 Å². The summed E-state index contributed by atoms with van der Waals surface area (Å²) in [4.78, 5) is 0. The highest BCUT2D eigenvalue weighted by Gasteiger charge is 1.86. The van der Waals surface area contributed by atoms with Crippen molar-refractivity contribution in [1.29, 1.82) is 5.41 Å². The first kappa shape index (κ1) is 22.8. The van der Waals surface area contributed by atoms with Crippen LogP contribution in [0, 0.1) is 11.3 Å². The molecule has 0 aliphatic carbocycles. The lowest BCUT2D eigenvalue weighted by Crippen LogP contribution is -1.83. The number of hydrogen-bond donors (Lipinski definition) is 1. The molecule has 0 aromatic carbocycles. The van der Waals surface area contributed by atoms with Crippen molar-refractivity contribution in [3.05, 3.63) is 12.2 Å². The van der Waals surface area contributed by atoms with E-state index in [0.717, 1.165) is 6.42 Å². The van der Waals surface area contributed by atoms with Gasteiger partial charge in [-0.3, -0.25) is 0 Å². The highest BCUT2D eigenvalue weighted by Crippen LogP contribution is 1.99. The molecule has 0 radical (unpaired) electrons. The average Bonchev–Trinajstić information content (AvgIpc) is 2.20. The van der Waals surface area contributed by atoms with Crippen molar-refractivity contribution >= 4 is 6.21 Å². The normalized spacial score (nSPS) is 9.69. The highest BCUT2D eigenvalue weighted by molar-refractivity contribution is 5.67. The predicted molar refractivity (Wildman–Crippen MR) is 66.8 cm³/mol. The van der Waals surface area contributed by atoms with Gasteiger partial charge in [0.1, 0.15) is 0 Å². The number of rotatable bonds is 3. The number of hydrogen-bond acceptors (Lipinski definition) is 1. The van der Waals surface area contributed by atoms with E-state index in [-0.39, 0.29) is 7.43 Å². The molecule has 1 heteroatoms. The van der Waals surface area contributed by atoms with E-state index < -0.39 is 0 Å². The molecule has 0 bridgehead atoms. The van der Waals surface area contributed by atoms with Gasteiger partial charge < -0.3 is 5.41 Å². The van der Waals surface area contributed by atoms with E-state index >= 15 is 0 Å². The summed E-state index contributed by atoms with van der Waals surface area (Å²) < 4.78 is 0. The van der Waals surface area contributed by atoms with Crippen molar-refractivity contribution in [3.8, 4) is 0 Å². The minimum absolute atomic E-state index is 0. The highest BCUT2D eigenvalue weighted by atomic mass is 14.3. The zero-order chi connectivity index (χ0) is 10.4. The Morgan fingerprint density at radius 2 is 1.54 bits per heavy atom. The lowest BCUT2D eigenvalue weighted by Gasteiger charge is -1.95. The van der Waals surface area contributed by atoms with Crippen LogP contribution < -0.4 is 0 Å². The molecule has 0 aliphatic rings. The Balaban J connectivity index is -0.0000000712. The summed E-state index contributed by atoms with van der Waals surface area (Å²) in [6.45, 7) is 12.3. The van der Waals surface area contributed by atoms with Gasteiger partial charge in [-0.05, 0) is 12.0 Å². The summed E-state index contributed by atoms with van der Waals surface area (Å²) in [5.41, 5.74) is 0. The number of nitrogens with one attached hydrogen (secondary N) is 1. The smallest absolute Gasteiger partial charge is 0.0174 e. The van der Waals surface area contributed by atoms with Gasteiger partial charge in [-0.15, -0.1) is 0 Å². The van der Waals surface area contributed by atoms with Crippen LogP contribution in [0.4, 0.5) is 0 Å². The van der Waals surface area contributed by atoms with Gasteiger partial charge >= 0.3 is 0 Å². The van der Waals surface area contributed by atoms with Gasteiger partial charge in [0.05, 0.1) is 0 Å². The van der Waals surface area contributed by atoms with E-state index in [1.54, 1.807) is 6.08 Å². The second kappa shape index (κ2) is 30.1. The Hall–Kier alpha value is -0.590. The molecule has 0 fully saturated rings. The third-order valence-electron chi connectivity index (χ3n) is 1.18. The summed E-state index contributed by atoms with van der Waals surface area (Å²) >= 11 is 0. The van der Waals surface area contributed by atoms with Crippen LogP contribution in [0.2, 0.25) is 0 Å². The molecule has 0 aromatic heterocycles. The molecule has 1 unspecified atom stereocenters. The molecule has 0 saturated carbocycles. The molecule has 0 spiro atoms. The van der Waals surface area contributed by atoms with E-state index in [1.807, 2.05) is 33.8 Å². The van der Waals surface area contributed by atoms with Crippen molar-refractivity contribution in [2.75, 3.05) is 0 Å². The molecule has 0 rings (SSSR count). The molecular formula is C12H29N. The van der Waals surface area contributed by atoms with Crippen LogP contribution in [0.1, 0.15) is 55.4 Å². The maximum Gasteiger partial charge on any atom is 0.0174 e. The first-order valence-electron chi connectivity index (χ1n) is 4.98. The summed E-state index contributed by atoms with van der Waals surface area (Å²) in [5.74, 6) is 0.622. The third kappa shape index (κ3) is 34.5. The van der Waals surface area contributed by atoms with E-state index in [1.165, 1.54) is 6.21 Å². The van der Waals surface area contributed by atoms with E-state index in [0.29, 0.717) is 5.92 Å². The van der Waals surface area contributed by atoms with Crippen LogP contribution in [0.3, 0.4) is 0 Å². The van der Waals surface area contributed by atoms with Crippen LogP contribution in [-0.2, 0) is 0 Å². The van der Waals surface area contributed by atoms with Gasteiger partial charge in [0.25, 0.3) is 0 Å². The Morgan fingerprint density at radius 3 is 1.77 bits per heavy atom. The van der Waals surface area contributed by atoms with Crippen molar-refractivity contribution in [2.24, 2.45) is 5.92 Å². The molecule has 0 saturated heterocycles. The van der Waals surface area contributed by atoms with Crippen molar-refractivity contribution in [3.63, 3.8) is 0 Å². The minimum atomic E-state index is 0. The summed E-state index contributed by atoms with van der Waals surface area (Å²) in [7, 11) is 0. The summed E-state index contributed by atoms with van der Waals surface area (Å²) in [5, 5.41) is 6.66. The molecule has 0 heterocycles. The Morgan fingerprint density at radius 1 is 1.15 bits per heavy atom. The van der Waals surface area contributed by atoms with Crippen molar-refractivity contribution in [2.45, 2.75) is 55.4 Å². The molecule has 1 N–H and O–H groups in total. The maximum absolute atomic E-state index is 6.66. The van der Waals surface area contributed by atoms with Crippen molar-refractivity contribution < 1.29 is 0 Å². The van der Waals surface area contributed by atoms with Gasteiger partial charge in [-0.1, -0.05) is 61.5 Å². The zero-order valence-electron chi connectivity index (χ0n) is 9.52. The second-order valence-corrected chi connectivity index (χ2v) is 1.94. The van der Waals surface area contributed by atoms with Gasteiger partial charge in [-0.25, -0.2) is 0 Å². The van der Waals surface area contributed by atoms with Crippen LogP contribution in [0.5, 0.6) is 0 Å². The monoisotopic (exact) mass is 187 g/mol. The quantitative estimate of drug-likeness (QED) is 0.606. The Kier molecular flexibility index (Phi) is 52.9. The summed E-state index contributed by atoms with van der Waals surface area (Å²) in [6, 6.07) is 0.